The Morgan fingerprint density at radius 1 is 1.07 bits per heavy atom. The van der Waals surface area contributed by atoms with Gasteiger partial charge in [-0.2, -0.15) is 0 Å². The second-order valence-electron chi connectivity index (χ2n) is 7.00. The molecule has 4 rings (SSSR count). The van der Waals surface area contributed by atoms with Crippen LogP contribution in [0.4, 0.5) is 0 Å². The number of benzene rings is 2. The van der Waals surface area contributed by atoms with Crippen LogP contribution < -0.4 is 14.2 Å². The van der Waals surface area contributed by atoms with Crippen LogP contribution in [0.5, 0.6) is 17.2 Å². The van der Waals surface area contributed by atoms with Crippen molar-refractivity contribution in [1.29, 1.82) is 0 Å². The van der Waals surface area contributed by atoms with Crippen LogP contribution in [0.2, 0.25) is 0 Å². The number of aromatic nitrogens is 1. The number of hydrogen-bond donors (Lipinski definition) is 0. The van der Waals surface area contributed by atoms with Crippen LogP contribution in [0.15, 0.2) is 60.8 Å². The van der Waals surface area contributed by atoms with Crippen molar-refractivity contribution in [3.63, 3.8) is 0 Å². The molecule has 0 unspecified atom stereocenters. The molecule has 0 bridgehead atoms. The van der Waals surface area contributed by atoms with E-state index >= 15 is 0 Å². The zero-order valence-corrected chi connectivity index (χ0v) is 16.4. The van der Waals surface area contributed by atoms with Crippen LogP contribution in [-0.4, -0.2) is 48.7 Å². The van der Waals surface area contributed by atoms with E-state index in [0.717, 1.165) is 29.5 Å². The van der Waals surface area contributed by atoms with Crippen molar-refractivity contribution < 1.29 is 19.0 Å². The van der Waals surface area contributed by atoms with Crippen LogP contribution in [0.1, 0.15) is 12.8 Å². The molecule has 1 aromatic heterocycles. The highest BCUT2D eigenvalue weighted by Crippen LogP contribution is 2.26. The highest BCUT2D eigenvalue weighted by Gasteiger charge is 2.24. The largest absolute Gasteiger partial charge is 0.497 e. The molecule has 0 radical (unpaired) electrons. The van der Waals surface area contributed by atoms with E-state index in [0.29, 0.717) is 24.6 Å². The number of hydrogen-bond acceptors (Lipinski definition) is 5. The second-order valence-corrected chi connectivity index (χ2v) is 7.00. The number of fused-ring (bicyclic) bond motifs is 1. The van der Waals surface area contributed by atoms with Gasteiger partial charge in [0.05, 0.1) is 7.11 Å². The first-order chi connectivity index (χ1) is 14.2. The molecule has 0 aliphatic carbocycles. The molecule has 6 nitrogen and oxygen atoms in total. The molecule has 0 spiro atoms. The first-order valence-corrected chi connectivity index (χ1v) is 9.78. The van der Waals surface area contributed by atoms with Crippen molar-refractivity contribution in [3.8, 4) is 17.2 Å². The lowest BCUT2D eigenvalue weighted by Crippen LogP contribution is -2.43. The molecule has 1 saturated heterocycles. The van der Waals surface area contributed by atoms with Gasteiger partial charge in [0.25, 0.3) is 5.91 Å². The van der Waals surface area contributed by atoms with E-state index in [9.17, 15) is 4.79 Å². The normalized spacial score (nSPS) is 14.6. The fourth-order valence-electron chi connectivity index (χ4n) is 3.50. The van der Waals surface area contributed by atoms with Gasteiger partial charge in [0, 0.05) is 43.6 Å². The summed E-state index contributed by atoms with van der Waals surface area (Å²) in [4.78, 5) is 18.8. The zero-order chi connectivity index (χ0) is 20.1. The first-order valence-electron chi connectivity index (χ1n) is 9.78. The van der Waals surface area contributed by atoms with E-state index in [4.69, 9.17) is 14.2 Å². The maximum Gasteiger partial charge on any atom is 0.260 e. The van der Waals surface area contributed by atoms with Gasteiger partial charge in [-0.25, -0.2) is 0 Å². The molecule has 1 aliphatic rings. The third kappa shape index (κ3) is 4.59. The van der Waals surface area contributed by atoms with E-state index in [1.807, 2.05) is 53.4 Å². The summed E-state index contributed by atoms with van der Waals surface area (Å²) in [7, 11) is 1.60. The van der Waals surface area contributed by atoms with Crippen LogP contribution in [0, 0.1) is 0 Å². The number of rotatable bonds is 6. The quantitative estimate of drug-likeness (QED) is 0.640. The van der Waals surface area contributed by atoms with Crippen molar-refractivity contribution in [3.05, 3.63) is 60.8 Å². The molecule has 150 valence electrons. The Balaban J connectivity index is 1.29. The molecular formula is C23H24N2O4. The predicted octanol–water partition coefficient (Wildman–Crippen LogP) is 3.69. The summed E-state index contributed by atoms with van der Waals surface area (Å²) < 4.78 is 17.0. The van der Waals surface area contributed by atoms with Gasteiger partial charge < -0.3 is 19.1 Å². The summed E-state index contributed by atoms with van der Waals surface area (Å²) in [6.07, 6.45) is 3.42. The molecule has 6 heteroatoms. The van der Waals surface area contributed by atoms with Gasteiger partial charge in [0.1, 0.15) is 28.9 Å². The number of para-hydroxylation sites is 1. The first kappa shape index (κ1) is 19.1. The lowest BCUT2D eigenvalue weighted by atomic mass is 10.1. The average Bonchev–Trinajstić information content (AvgIpc) is 2.78. The third-order valence-corrected chi connectivity index (χ3v) is 5.09. The Bertz CT molecular complexity index is 978. The van der Waals surface area contributed by atoms with Gasteiger partial charge in [0.2, 0.25) is 0 Å². The number of pyridine rings is 1. The molecule has 3 aromatic rings. The van der Waals surface area contributed by atoms with Gasteiger partial charge in [-0.1, -0.05) is 24.3 Å². The number of carbonyl (C=O) groups excluding carboxylic acids is 1. The van der Waals surface area contributed by atoms with Crippen LogP contribution in [-0.2, 0) is 4.79 Å². The van der Waals surface area contributed by atoms with Gasteiger partial charge in [0.15, 0.2) is 6.61 Å². The summed E-state index contributed by atoms with van der Waals surface area (Å²) >= 11 is 0. The molecule has 0 saturated carbocycles. The summed E-state index contributed by atoms with van der Waals surface area (Å²) in [5, 5.41) is 1.06. The topological polar surface area (TPSA) is 60.9 Å². The Hall–Kier alpha value is -3.28. The van der Waals surface area contributed by atoms with E-state index in [-0.39, 0.29) is 18.6 Å². The van der Waals surface area contributed by atoms with E-state index < -0.39 is 0 Å². The maximum atomic E-state index is 12.5. The van der Waals surface area contributed by atoms with Crippen LogP contribution in [0.3, 0.4) is 0 Å². The minimum absolute atomic E-state index is 0.0157. The predicted molar refractivity (Wildman–Crippen MR) is 110 cm³/mol. The second kappa shape index (κ2) is 8.82. The summed E-state index contributed by atoms with van der Waals surface area (Å²) in [5.41, 5.74) is 0.875. The highest BCUT2D eigenvalue weighted by atomic mass is 16.5. The molecule has 1 fully saturated rings. The van der Waals surface area contributed by atoms with Gasteiger partial charge in [-0.15, -0.1) is 0 Å². The SMILES string of the molecule is COc1cccc(OCC(=O)N2CCC(Oc3cccc4cccnc34)CC2)c1. The Morgan fingerprint density at radius 2 is 1.83 bits per heavy atom. The Labute approximate surface area is 170 Å². The number of methoxy groups -OCH3 is 1. The number of carbonyl (C=O) groups is 1. The van der Waals surface area contributed by atoms with Crippen molar-refractivity contribution in [2.24, 2.45) is 0 Å². The Kier molecular flexibility index (Phi) is 5.79. The summed E-state index contributed by atoms with van der Waals surface area (Å²) in [5.74, 6) is 2.11. The minimum Gasteiger partial charge on any atom is -0.497 e. The smallest absolute Gasteiger partial charge is 0.260 e. The molecule has 0 atom stereocenters. The highest BCUT2D eigenvalue weighted by molar-refractivity contribution is 5.84. The fraction of sp³-hybridized carbons (Fsp3) is 0.304. The molecule has 0 N–H and O–H groups in total. The molecule has 1 amide bonds. The van der Waals surface area contributed by atoms with E-state index in [1.54, 1.807) is 19.4 Å². The molecule has 29 heavy (non-hydrogen) atoms. The monoisotopic (exact) mass is 392 g/mol. The number of likely N-dealkylation sites (tertiary alicyclic amines) is 1. The van der Waals surface area contributed by atoms with E-state index in [1.165, 1.54) is 0 Å². The average molecular weight is 392 g/mol. The minimum atomic E-state index is -0.0157. The van der Waals surface area contributed by atoms with Crippen molar-refractivity contribution in [2.75, 3.05) is 26.8 Å². The molecule has 2 aromatic carbocycles. The van der Waals surface area contributed by atoms with Gasteiger partial charge >= 0.3 is 0 Å². The molecule has 1 aliphatic heterocycles. The summed E-state index contributed by atoms with van der Waals surface area (Å²) in [6.45, 7) is 1.33. The number of piperidine rings is 1. The van der Waals surface area contributed by atoms with Crippen LogP contribution in [0.25, 0.3) is 10.9 Å². The standard InChI is InChI=1S/C23H24N2O4/c1-27-19-7-3-8-20(15-19)28-16-22(26)25-13-10-18(11-14-25)29-21-9-2-5-17-6-4-12-24-23(17)21/h2-9,12,15,18H,10-11,13-14,16H2,1H3. The van der Waals surface area contributed by atoms with Crippen LogP contribution >= 0.6 is 0 Å². The number of amides is 1. The van der Waals surface area contributed by atoms with Gasteiger partial charge in [-0.05, 0) is 24.3 Å². The number of nitrogens with zero attached hydrogens (tertiary/aromatic N) is 2. The van der Waals surface area contributed by atoms with Crippen molar-refractivity contribution in [2.45, 2.75) is 18.9 Å². The fourth-order valence-corrected chi connectivity index (χ4v) is 3.50. The lowest BCUT2D eigenvalue weighted by Gasteiger charge is -2.32. The zero-order valence-electron chi connectivity index (χ0n) is 16.4. The van der Waals surface area contributed by atoms with Crippen molar-refractivity contribution in [1.82, 2.24) is 9.88 Å². The molecule has 2 heterocycles. The Morgan fingerprint density at radius 3 is 2.66 bits per heavy atom. The third-order valence-electron chi connectivity index (χ3n) is 5.09. The van der Waals surface area contributed by atoms with Gasteiger partial charge in [-0.3, -0.25) is 9.78 Å². The summed E-state index contributed by atoms with van der Waals surface area (Å²) in [6, 6.07) is 17.2. The number of ether oxygens (including phenoxy) is 3. The lowest BCUT2D eigenvalue weighted by molar-refractivity contribution is -0.135. The van der Waals surface area contributed by atoms with E-state index in [2.05, 4.69) is 4.98 Å². The maximum absolute atomic E-state index is 12.5. The van der Waals surface area contributed by atoms with Crippen molar-refractivity contribution >= 4 is 16.8 Å². The molecular weight excluding hydrogens is 368 g/mol.